The number of ether oxygens (including phenoxy) is 1. The molecule has 0 spiro atoms. The molecule has 4 heteroatoms. The quantitative estimate of drug-likeness (QED) is 0.897. The van der Waals surface area contributed by atoms with Crippen LogP contribution in [0.4, 0.5) is 0 Å². The molecule has 94 valence electrons. The molecular formula is C14H17N3O. The lowest BCUT2D eigenvalue weighted by atomic mass is 10.1. The lowest BCUT2D eigenvalue weighted by Crippen LogP contribution is -2.27. The monoisotopic (exact) mass is 243 g/mol. The zero-order chi connectivity index (χ0) is 12.4. The average molecular weight is 243 g/mol. The number of para-hydroxylation sites is 2. The minimum absolute atomic E-state index is 0.200. The number of nitrogens with two attached hydrogens (primary N) is 1. The Morgan fingerprint density at radius 1 is 1.22 bits per heavy atom. The zero-order valence-electron chi connectivity index (χ0n) is 10.2. The molecule has 4 nitrogen and oxygen atoms in total. The van der Waals surface area contributed by atoms with E-state index in [1.807, 2.05) is 24.3 Å². The highest BCUT2D eigenvalue weighted by Crippen LogP contribution is 2.28. The van der Waals surface area contributed by atoms with Crippen LogP contribution in [0.25, 0.3) is 11.0 Å². The molecule has 1 fully saturated rings. The fourth-order valence-electron chi connectivity index (χ4n) is 2.58. The molecular weight excluding hydrogens is 226 g/mol. The maximum Gasteiger partial charge on any atom is 0.233 e. The van der Waals surface area contributed by atoms with Gasteiger partial charge in [0.15, 0.2) is 0 Å². The summed E-state index contributed by atoms with van der Waals surface area (Å²) < 4.78 is 5.93. The van der Waals surface area contributed by atoms with Crippen LogP contribution in [-0.2, 0) is 0 Å². The number of nitrogens with zero attached hydrogens (tertiary/aromatic N) is 2. The van der Waals surface area contributed by atoms with Gasteiger partial charge in [0.05, 0.1) is 17.2 Å². The SMILES string of the molecule is NCC1CCCC1Oc1cnc2ccccc2n1. The fraction of sp³-hybridized carbons (Fsp3) is 0.429. The number of aromatic nitrogens is 2. The lowest BCUT2D eigenvalue weighted by Gasteiger charge is -2.18. The predicted molar refractivity (Wildman–Crippen MR) is 70.3 cm³/mol. The third kappa shape index (κ3) is 2.16. The Labute approximate surface area is 106 Å². The summed E-state index contributed by atoms with van der Waals surface area (Å²) in [6.45, 7) is 0.686. The van der Waals surface area contributed by atoms with Crippen LogP contribution in [0.3, 0.4) is 0 Å². The first-order chi connectivity index (χ1) is 8.86. The Kier molecular flexibility index (Phi) is 3.11. The maximum atomic E-state index is 5.93. The van der Waals surface area contributed by atoms with Crippen LogP contribution in [-0.4, -0.2) is 22.6 Å². The van der Waals surface area contributed by atoms with Gasteiger partial charge in [0.25, 0.3) is 0 Å². The number of hydrogen-bond acceptors (Lipinski definition) is 4. The molecule has 1 aromatic heterocycles. The largest absolute Gasteiger partial charge is 0.473 e. The third-order valence-electron chi connectivity index (χ3n) is 3.59. The van der Waals surface area contributed by atoms with Gasteiger partial charge in [-0.05, 0) is 37.9 Å². The molecule has 1 aromatic carbocycles. The van der Waals surface area contributed by atoms with Crippen molar-refractivity contribution in [3.8, 4) is 5.88 Å². The van der Waals surface area contributed by atoms with Crippen molar-refractivity contribution in [1.29, 1.82) is 0 Å². The first-order valence-corrected chi connectivity index (χ1v) is 6.45. The summed E-state index contributed by atoms with van der Waals surface area (Å²) in [7, 11) is 0. The van der Waals surface area contributed by atoms with Crippen LogP contribution in [0.5, 0.6) is 5.88 Å². The van der Waals surface area contributed by atoms with E-state index in [1.165, 1.54) is 6.42 Å². The molecule has 2 unspecified atom stereocenters. The first-order valence-electron chi connectivity index (χ1n) is 6.45. The highest BCUT2D eigenvalue weighted by Gasteiger charge is 2.28. The Hall–Kier alpha value is -1.68. The molecule has 0 aliphatic heterocycles. The van der Waals surface area contributed by atoms with Gasteiger partial charge in [0.1, 0.15) is 6.10 Å². The third-order valence-corrected chi connectivity index (χ3v) is 3.59. The standard InChI is InChI=1S/C14H17N3O/c15-8-10-4-3-7-13(10)18-14-9-16-11-5-1-2-6-12(11)17-14/h1-2,5-6,9-10,13H,3-4,7-8,15H2. The number of rotatable bonds is 3. The van der Waals surface area contributed by atoms with Crippen molar-refractivity contribution in [2.75, 3.05) is 6.54 Å². The van der Waals surface area contributed by atoms with Crippen molar-refractivity contribution >= 4 is 11.0 Å². The smallest absolute Gasteiger partial charge is 0.233 e. The molecule has 1 aliphatic carbocycles. The molecule has 0 radical (unpaired) electrons. The van der Waals surface area contributed by atoms with E-state index in [2.05, 4.69) is 9.97 Å². The van der Waals surface area contributed by atoms with Gasteiger partial charge in [-0.1, -0.05) is 12.1 Å². The van der Waals surface area contributed by atoms with Gasteiger partial charge in [-0.25, -0.2) is 9.97 Å². The molecule has 3 rings (SSSR count). The highest BCUT2D eigenvalue weighted by molar-refractivity contribution is 5.73. The molecule has 1 saturated carbocycles. The number of fused-ring (bicyclic) bond motifs is 1. The second kappa shape index (κ2) is 4.90. The molecule has 0 saturated heterocycles. The van der Waals surface area contributed by atoms with E-state index in [0.717, 1.165) is 23.9 Å². The summed E-state index contributed by atoms with van der Waals surface area (Å²) in [6, 6.07) is 7.81. The van der Waals surface area contributed by atoms with Crippen LogP contribution in [0.1, 0.15) is 19.3 Å². The van der Waals surface area contributed by atoms with E-state index in [-0.39, 0.29) is 6.10 Å². The maximum absolute atomic E-state index is 5.93. The normalized spacial score (nSPS) is 23.4. The van der Waals surface area contributed by atoms with Crippen molar-refractivity contribution in [3.05, 3.63) is 30.5 Å². The van der Waals surface area contributed by atoms with Crippen molar-refractivity contribution in [1.82, 2.24) is 9.97 Å². The van der Waals surface area contributed by atoms with E-state index in [9.17, 15) is 0 Å². The van der Waals surface area contributed by atoms with Gasteiger partial charge < -0.3 is 10.5 Å². The summed E-state index contributed by atoms with van der Waals surface area (Å²) in [4.78, 5) is 8.84. The Morgan fingerprint density at radius 2 is 2.06 bits per heavy atom. The van der Waals surface area contributed by atoms with Gasteiger partial charge in [0, 0.05) is 5.92 Å². The van der Waals surface area contributed by atoms with Crippen molar-refractivity contribution in [2.45, 2.75) is 25.4 Å². The second-order valence-electron chi connectivity index (χ2n) is 4.78. The van der Waals surface area contributed by atoms with E-state index >= 15 is 0 Å². The highest BCUT2D eigenvalue weighted by atomic mass is 16.5. The molecule has 18 heavy (non-hydrogen) atoms. The number of benzene rings is 1. The van der Waals surface area contributed by atoms with E-state index in [0.29, 0.717) is 18.3 Å². The van der Waals surface area contributed by atoms with Gasteiger partial charge in [-0.2, -0.15) is 0 Å². The van der Waals surface area contributed by atoms with Crippen molar-refractivity contribution in [2.24, 2.45) is 11.7 Å². The number of hydrogen-bond donors (Lipinski definition) is 1. The van der Waals surface area contributed by atoms with E-state index in [1.54, 1.807) is 6.20 Å². The summed E-state index contributed by atoms with van der Waals surface area (Å²) in [5.74, 6) is 1.07. The van der Waals surface area contributed by atoms with Gasteiger partial charge in [0.2, 0.25) is 5.88 Å². The van der Waals surface area contributed by atoms with Crippen LogP contribution in [0, 0.1) is 5.92 Å². The van der Waals surface area contributed by atoms with Gasteiger partial charge in [-0.15, -0.1) is 0 Å². The van der Waals surface area contributed by atoms with Crippen LogP contribution in [0.2, 0.25) is 0 Å². The van der Waals surface area contributed by atoms with E-state index in [4.69, 9.17) is 10.5 Å². The summed E-state index contributed by atoms with van der Waals surface area (Å²) in [5.41, 5.74) is 7.52. The average Bonchev–Trinajstić information content (AvgIpc) is 2.86. The van der Waals surface area contributed by atoms with Crippen molar-refractivity contribution < 1.29 is 4.74 Å². The lowest BCUT2D eigenvalue weighted by molar-refractivity contribution is 0.155. The Balaban J connectivity index is 1.82. The second-order valence-corrected chi connectivity index (χ2v) is 4.78. The first kappa shape index (κ1) is 11.4. The van der Waals surface area contributed by atoms with Crippen LogP contribution >= 0.6 is 0 Å². The molecule has 2 aromatic rings. The molecule has 1 aliphatic rings. The molecule has 1 heterocycles. The fourth-order valence-corrected chi connectivity index (χ4v) is 2.58. The summed E-state index contributed by atoms with van der Waals surface area (Å²) >= 11 is 0. The van der Waals surface area contributed by atoms with E-state index < -0.39 is 0 Å². The Bertz CT molecular complexity index is 543. The molecule has 0 amide bonds. The molecule has 2 N–H and O–H groups in total. The Morgan fingerprint density at radius 3 is 2.89 bits per heavy atom. The predicted octanol–water partition coefficient (Wildman–Crippen LogP) is 2.14. The molecule has 0 bridgehead atoms. The zero-order valence-corrected chi connectivity index (χ0v) is 10.2. The van der Waals surface area contributed by atoms with Gasteiger partial charge >= 0.3 is 0 Å². The minimum Gasteiger partial charge on any atom is -0.473 e. The minimum atomic E-state index is 0.200. The van der Waals surface area contributed by atoms with Crippen LogP contribution < -0.4 is 10.5 Å². The van der Waals surface area contributed by atoms with Crippen LogP contribution in [0.15, 0.2) is 30.5 Å². The molecule has 2 atom stereocenters. The van der Waals surface area contributed by atoms with Crippen molar-refractivity contribution in [3.63, 3.8) is 0 Å². The summed E-state index contributed by atoms with van der Waals surface area (Å²) in [6.07, 6.45) is 5.31. The summed E-state index contributed by atoms with van der Waals surface area (Å²) in [5, 5.41) is 0. The topological polar surface area (TPSA) is 61.0 Å². The van der Waals surface area contributed by atoms with Gasteiger partial charge in [-0.3, -0.25) is 0 Å².